The Balaban J connectivity index is 2.38. The molecule has 0 amide bonds. The zero-order valence-electron chi connectivity index (χ0n) is 6.78. The van der Waals surface area contributed by atoms with Crippen LogP contribution in [0.3, 0.4) is 0 Å². The van der Waals surface area contributed by atoms with Gasteiger partial charge in [-0.1, -0.05) is 0 Å². The molecular weight excluding hydrogens is 188 g/mol. The summed E-state index contributed by atoms with van der Waals surface area (Å²) in [6.07, 6.45) is 0. The number of nitrogens with one attached hydrogen (secondary N) is 1. The van der Waals surface area contributed by atoms with Gasteiger partial charge in [-0.15, -0.1) is 11.3 Å². The molecule has 0 aliphatic carbocycles. The van der Waals surface area contributed by atoms with Crippen LogP contribution in [0.15, 0.2) is 11.4 Å². The molecule has 0 aliphatic rings. The van der Waals surface area contributed by atoms with E-state index in [2.05, 4.69) is 5.32 Å². The Kier molecular flexibility index (Phi) is 3.43. The van der Waals surface area contributed by atoms with Crippen molar-refractivity contribution in [2.24, 2.45) is 0 Å². The maximum atomic E-state index is 10.1. The Morgan fingerprint density at radius 2 is 2.54 bits per heavy atom. The fraction of sp³-hybridized carbons (Fsp3) is 0.250. The first-order valence-electron chi connectivity index (χ1n) is 3.62. The maximum absolute atomic E-state index is 10.1. The van der Waals surface area contributed by atoms with Gasteiger partial charge in [-0.3, -0.25) is 4.79 Å². The van der Waals surface area contributed by atoms with Crippen LogP contribution in [0.4, 0.5) is 0 Å². The SMILES string of the molecule is N#Cc1csc(CNCC(=O)O)c1. The quantitative estimate of drug-likeness (QED) is 0.746. The molecule has 0 atom stereocenters. The van der Waals surface area contributed by atoms with Crippen LogP contribution in [0.5, 0.6) is 0 Å². The lowest BCUT2D eigenvalue weighted by Gasteiger charge is -1.96. The van der Waals surface area contributed by atoms with E-state index < -0.39 is 5.97 Å². The third-order valence-electron chi connectivity index (χ3n) is 1.36. The number of nitrogens with zero attached hydrogens (tertiary/aromatic N) is 1. The number of carboxylic acid groups (broad SMARTS) is 1. The average Bonchev–Trinajstić information content (AvgIpc) is 2.52. The van der Waals surface area contributed by atoms with Gasteiger partial charge >= 0.3 is 5.97 Å². The molecule has 0 aliphatic heterocycles. The number of carbonyl (C=O) groups is 1. The van der Waals surface area contributed by atoms with Crippen molar-refractivity contribution in [2.45, 2.75) is 6.54 Å². The molecule has 0 bridgehead atoms. The van der Waals surface area contributed by atoms with Crippen LogP contribution in [0, 0.1) is 11.3 Å². The van der Waals surface area contributed by atoms with Crippen LogP contribution in [0.25, 0.3) is 0 Å². The second-order valence-corrected chi connectivity index (χ2v) is 3.41. The molecule has 5 heteroatoms. The number of aliphatic carboxylic acids is 1. The van der Waals surface area contributed by atoms with Crippen molar-refractivity contribution in [3.8, 4) is 6.07 Å². The highest BCUT2D eigenvalue weighted by Crippen LogP contribution is 2.12. The molecular formula is C8H8N2O2S. The van der Waals surface area contributed by atoms with Gasteiger partial charge in [-0.05, 0) is 6.07 Å². The van der Waals surface area contributed by atoms with Gasteiger partial charge in [-0.2, -0.15) is 5.26 Å². The van der Waals surface area contributed by atoms with Crippen molar-refractivity contribution in [2.75, 3.05) is 6.54 Å². The lowest BCUT2D eigenvalue weighted by atomic mass is 10.3. The van der Waals surface area contributed by atoms with Crippen molar-refractivity contribution >= 4 is 17.3 Å². The Bertz CT molecular complexity index is 340. The molecule has 68 valence electrons. The second kappa shape index (κ2) is 4.60. The Labute approximate surface area is 79.4 Å². The normalized spacial score (nSPS) is 9.46. The van der Waals surface area contributed by atoms with Crippen LogP contribution >= 0.6 is 11.3 Å². The fourth-order valence-corrected chi connectivity index (χ4v) is 1.60. The molecule has 2 N–H and O–H groups in total. The Morgan fingerprint density at radius 3 is 3.08 bits per heavy atom. The van der Waals surface area contributed by atoms with Crippen molar-refractivity contribution < 1.29 is 9.90 Å². The predicted octanol–water partition coefficient (Wildman–Crippen LogP) is 0.794. The van der Waals surface area contributed by atoms with Crippen molar-refractivity contribution in [1.82, 2.24) is 5.32 Å². The first-order chi connectivity index (χ1) is 6.22. The summed E-state index contributed by atoms with van der Waals surface area (Å²) in [5.41, 5.74) is 0.622. The topological polar surface area (TPSA) is 73.1 Å². The van der Waals surface area contributed by atoms with E-state index in [1.54, 1.807) is 11.4 Å². The second-order valence-electron chi connectivity index (χ2n) is 2.41. The van der Waals surface area contributed by atoms with E-state index in [0.717, 1.165) is 4.88 Å². The number of thiophene rings is 1. The summed E-state index contributed by atoms with van der Waals surface area (Å²) in [5, 5.41) is 21.3. The largest absolute Gasteiger partial charge is 0.480 e. The molecule has 0 aromatic carbocycles. The fourth-order valence-electron chi connectivity index (χ4n) is 0.825. The van der Waals surface area contributed by atoms with Crippen LogP contribution in [0.2, 0.25) is 0 Å². The van der Waals surface area contributed by atoms with Crippen LogP contribution in [-0.4, -0.2) is 17.6 Å². The van der Waals surface area contributed by atoms with Crippen LogP contribution in [0.1, 0.15) is 10.4 Å². The molecule has 1 aromatic heterocycles. The minimum atomic E-state index is -0.878. The molecule has 0 saturated heterocycles. The summed E-state index contributed by atoms with van der Waals surface area (Å²) >= 11 is 1.45. The van der Waals surface area contributed by atoms with Gasteiger partial charge < -0.3 is 10.4 Å². The molecule has 0 saturated carbocycles. The molecule has 1 aromatic rings. The van der Waals surface area contributed by atoms with Crippen molar-refractivity contribution in [3.05, 3.63) is 21.9 Å². The maximum Gasteiger partial charge on any atom is 0.317 e. The minimum Gasteiger partial charge on any atom is -0.480 e. The van der Waals surface area contributed by atoms with Crippen LogP contribution < -0.4 is 5.32 Å². The third-order valence-corrected chi connectivity index (χ3v) is 2.30. The summed E-state index contributed by atoms with van der Waals surface area (Å²) in [5.74, 6) is -0.878. The van der Waals surface area contributed by atoms with Crippen LogP contribution in [-0.2, 0) is 11.3 Å². The average molecular weight is 196 g/mol. The smallest absolute Gasteiger partial charge is 0.317 e. The number of carboxylic acids is 1. The van der Waals surface area contributed by atoms with Gasteiger partial charge in [0.15, 0.2) is 0 Å². The summed E-state index contributed by atoms with van der Waals surface area (Å²) in [6, 6.07) is 3.76. The predicted molar refractivity (Wildman–Crippen MR) is 48.4 cm³/mol. The molecule has 0 unspecified atom stereocenters. The van der Waals surface area contributed by atoms with Gasteiger partial charge in [0.05, 0.1) is 12.1 Å². The Morgan fingerprint density at radius 1 is 1.77 bits per heavy atom. The number of rotatable bonds is 4. The van der Waals surface area contributed by atoms with E-state index in [0.29, 0.717) is 12.1 Å². The lowest BCUT2D eigenvalue weighted by molar-refractivity contribution is -0.135. The zero-order chi connectivity index (χ0) is 9.68. The van der Waals surface area contributed by atoms with E-state index in [1.807, 2.05) is 6.07 Å². The molecule has 0 fully saturated rings. The standard InChI is InChI=1S/C8H8N2O2S/c9-2-6-1-7(13-5-6)3-10-4-8(11)12/h1,5,10H,3-4H2,(H,11,12). The summed E-state index contributed by atoms with van der Waals surface area (Å²) in [6.45, 7) is 0.443. The van der Waals surface area contributed by atoms with Crippen molar-refractivity contribution in [3.63, 3.8) is 0 Å². The zero-order valence-corrected chi connectivity index (χ0v) is 7.60. The van der Waals surface area contributed by atoms with E-state index >= 15 is 0 Å². The highest BCUT2D eigenvalue weighted by atomic mass is 32.1. The summed E-state index contributed by atoms with van der Waals surface area (Å²) in [7, 11) is 0. The highest BCUT2D eigenvalue weighted by molar-refractivity contribution is 7.10. The number of nitriles is 1. The Hall–Kier alpha value is -1.38. The minimum absolute atomic E-state index is 0.0558. The van der Waals surface area contributed by atoms with Gasteiger partial charge in [0.25, 0.3) is 0 Å². The number of hydrogen-bond donors (Lipinski definition) is 2. The molecule has 0 radical (unpaired) electrons. The molecule has 4 nitrogen and oxygen atoms in total. The van der Waals surface area contributed by atoms with Gasteiger partial charge in [0, 0.05) is 16.8 Å². The first-order valence-corrected chi connectivity index (χ1v) is 4.50. The highest BCUT2D eigenvalue weighted by Gasteiger charge is 1.99. The molecule has 1 heterocycles. The van der Waals surface area contributed by atoms with E-state index in [-0.39, 0.29) is 6.54 Å². The lowest BCUT2D eigenvalue weighted by Crippen LogP contribution is -2.21. The van der Waals surface area contributed by atoms with Gasteiger partial charge in [-0.25, -0.2) is 0 Å². The molecule has 1 rings (SSSR count). The first kappa shape index (κ1) is 9.71. The summed E-state index contributed by atoms with van der Waals surface area (Å²) < 4.78 is 0. The molecule has 13 heavy (non-hydrogen) atoms. The number of hydrogen-bond acceptors (Lipinski definition) is 4. The van der Waals surface area contributed by atoms with E-state index in [1.165, 1.54) is 11.3 Å². The van der Waals surface area contributed by atoms with E-state index in [4.69, 9.17) is 10.4 Å². The van der Waals surface area contributed by atoms with Gasteiger partial charge in [0.1, 0.15) is 6.07 Å². The van der Waals surface area contributed by atoms with E-state index in [9.17, 15) is 4.79 Å². The molecule has 0 spiro atoms. The monoisotopic (exact) mass is 196 g/mol. The van der Waals surface area contributed by atoms with Gasteiger partial charge in [0.2, 0.25) is 0 Å². The third kappa shape index (κ3) is 3.23. The van der Waals surface area contributed by atoms with Crippen molar-refractivity contribution in [1.29, 1.82) is 5.26 Å². The summed E-state index contributed by atoms with van der Waals surface area (Å²) in [4.78, 5) is 11.1.